The average Bonchev–Trinajstić information content (AvgIpc) is 3.11. The molecule has 1 N–H and O–H groups in total. The molecule has 0 bridgehead atoms. The highest BCUT2D eigenvalue weighted by molar-refractivity contribution is 5.79. The summed E-state index contributed by atoms with van der Waals surface area (Å²) >= 11 is 0. The zero-order chi connectivity index (χ0) is 17.8. The molecule has 0 aliphatic carbocycles. The predicted octanol–water partition coefficient (Wildman–Crippen LogP) is 2.28. The predicted molar refractivity (Wildman–Crippen MR) is 97.1 cm³/mol. The first-order valence-electron chi connectivity index (χ1n) is 8.69. The SMILES string of the molecule is O=C1CN(Cc2cc(-c3ccccn3)no2)C[C@H](Cc2ccccc2)N1. The molecule has 26 heavy (non-hydrogen) atoms. The third-order valence-electron chi connectivity index (χ3n) is 4.40. The minimum Gasteiger partial charge on any atom is -0.359 e. The third-order valence-corrected chi connectivity index (χ3v) is 4.40. The zero-order valence-electron chi connectivity index (χ0n) is 14.3. The monoisotopic (exact) mass is 348 g/mol. The minimum atomic E-state index is 0.0432. The molecule has 1 saturated heterocycles. The molecular weight excluding hydrogens is 328 g/mol. The van der Waals surface area contributed by atoms with Gasteiger partial charge in [-0.1, -0.05) is 41.6 Å². The summed E-state index contributed by atoms with van der Waals surface area (Å²) in [5, 5.41) is 7.17. The van der Waals surface area contributed by atoms with E-state index in [9.17, 15) is 4.79 Å². The van der Waals surface area contributed by atoms with E-state index in [4.69, 9.17) is 4.52 Å². The summed E-state index contributed by atoms with van der Waals surface area (Å²) in [7, 11) is 0. The standard InChI is InChI=1S/C20H20N4O2/c25-20-14-24(12-16(22-20)10-15-6-2-1-3-7-15)13-17-11-19(23-26-17)18-8-4-5-9-21-18/h1-9,11,16H,10,12-14H2,(H,22,25)/t16-/m0/s1. The minimum absolute atomic E-state index is 0.0432. The Bertz CT molecular complexity index is 864. The van der Waals surface area contributed by atoms with Crippen LogP contribution in [0.1, 0.15) is 11.3 Å². The number of hydrogen-bond donors (Lipinski definition) is 1. The van der Waals surface area contributed by atoms with E-state index in [2.05, 4.69) is 32.5 Å². The van der Waals surface area contributed by atoms with Gasteiger partial charge in [-0.15, -0.1) is 0 Å². The van der Waals surface area contributed by atoms with Crippen LogP contribution in [-0.4, -0.2) is 40.1 Å². The molecule has 1 aromatic carbocycles. The average molecular weight is 348 g/mol. The maximum absolute atomic E-state index is 12.1. The van der Waals surface area contributed by atoms with Crippen LogP contribution in [0.5, 0.6) is 0 Å². The van der Waals surface area contributed by atoms with Crippen molar-refractivity contribution in [2.75, 3.05) is 13.1 Å². The van der Waals surface area contributed by atoms with E-state index in [-0.39, 0.29) is 11.9 Å². The first-order chi connectivity index (χ1) is 12.8. The largest absolute Gasteiger partial charge is 0.359 e. The number of rotatable bonds is 5. The molecule has 6 heteroatoms. The molecule has 1 amide bonds. The lowest BCUT2D eigenvalue weighted by Gasteiger charge is -2.32. The number of pyridine rings is 1. The molecule has 0 spiro atoms. The molecule has 1 fully saturated rings. The molecule has 3 aromatic rings. The first-order valence-corrected chi connectivity index (χ1v) is 8.69. The number of piperazine rings is 1. The molecule has 0 saturated carbocycles. The number of amides is 1. The fraction of sp³-hybridized carbons (Fsp3) is 0.250. The number of nitrogens with zero attached hydrogens (tertiary/aromatic N) is 3. The van der Waals surface area contributed by atoms with Gasteiger partial charge >= 0.3 is 0 Å². The van der Waals surface area contributed by atoms with E-state index < -0.39 is 0 Å². The van der Waals surface area contributed by atoms with E-state index in [1.165, 1.54) is 5.56 Å². The molecular formula is C20H20N4O2. The first kappa shape index (κ1) is 16.5. The molecule has 0 radical (unpaired) electrons. The highest BCUT2D eigenvalue weighted by Crippen LogP contribution is 2.18. The van der Waals surface area contributed by atoms with Crippen molar-refractivity contribution >= 4 is 5.91 Å². The van der Waals surface area contributed by atoms with Crippen LogP contribution >= 0.6 is 0 Å². The second-order valence-corrected chi connectivity index (χ2v) is 6.52. The van der Waals surface area contributed by atoms with Crippen molar-refractivity contribution in [3.8, 4) is 11.4 Å². The molecule has 1 atom stereocenters. The van der Waals surface area contributed by atoms with Gasteiger partial charge in [-0.2, -0.15) is 0 Å². The summed E-state index contributed by atoms with van der Waals surface area (Å²) in [6.45, 7) is 1.70. The van der Waals surface area contributed by atoms with Gasteiger partial charge < -0.3 is 9.84 Å². The van der Waals surface area contributed by atoms with Gasteiger partial charge in [0.05, 0.1) is 18.8 Å². The smallest absolute Gasteiger partial charge is 0.234 e. The highest BCUT2D eigenvalue weighted by atomic mass is 16.5. The number of aromatic nitrogens is 2. The maximum Gasteiger partial charge on any atom is 0.234 e. The van der Waals surface area contributed by atoms with Crippen molar-refractivity contribution in [2.24, 2.45) is 0 Å². The number of carbonyl (C=O) groups is 1. The second kappa shape index (κ2) is 7.49. The lowest BCUT2D eigenvalue weighted by Crippen LogP contribution is -2.54. The molecule has 6 nitrogen and oxygen atoms in total. The van der Waals surface area contributed by atoms with Crippen molar-refractivity contribution in [2.45, 2.75) is 19.0 Å². The van der Waals surface area contributed by atoms with E-state index in [0.29, 0.717) is 18.8 Å². The van der Waals surface area contributed by atoms with Gasteiger partial charge in [0.2, 0.25) is 5.91 Å². The Morgan fingerprint density at radius 3 is 2.77 bits per heavy atom. The van der Waals surface area contributed by atoms with Crippen molar-refractivity contribution < 1.29 is 9.32 Å². The van der Waals surface area contributed by atoms with Gasteiger partial charge in [0, 0.05) is 24.8 Å². The number of benzene rings is 1. The maximum atomic E-state index is 12.1. The fourth-order valence-corrected chi connectivity index (χ4v) is 3.28. The van der Waals surface area contributed by atoms with E-state index in [1.807, 2.05) is 42.5 Å². The van der Waals surface area contributed by atoms with Crippen LogP contribution in [0.15, 0.2) is 65.3 Å². The molecule has 132 valence electrons. The zero-order valence-corrected chi connectivity index (χ0v) is 14.3. The van der Waals surface area contributed by atoms with Crippen molar-refractivity contribution in [3.05, 3.63) is 72.1 Å². The number of nitrogens with one attached hydrogen (secondary N) is 1. The fourth-order valence-electron chi connectivity index (χ4n) is 3.28. The van der Waals surface area contributed by atoms with Gasteiger partial charge in [-0.25, -0.2) is 0 Å². The van der Waals surface area contributed by atoms with Crippen LogP contribution in [0.3, 0.4) is 0 Å². The summed E-state index contributed by atoms with van der Waals surface area (Å²) in [4.78, 5) is 18.5. The highest BCUT2D eigenvalue weighted by Gasteiger charge is 2.25. The summed E-state index contributed by atoms with van der Waals surface area (Å²) in [6.07, 6.45) is 2.55. The Morgan fingerprint density at radius 2 is 1.96 bits per heavy atom. The molecule has 4 rings (SSSR count). The molecule has 1 aliphatic heterocycles. The second-order valence-electron chi connectivity index (χ2n) is 6.52. The van der Waals surface area contributed by atoms with E-state index in [1.54, 1.807) is 6.20 Å². The van der Waals surface area contributed by atoms with E-state index >= 15 is 0 Å². The summed E-state index contributed by atoms with van der Waals surface area (Å²) in [6, 6.07) is 17.9. The Balaban J connectivity index is 1.41. The van der Waals surface area contributed by atoms with Gasteiger partial charge in [0.25, 0.3) is 0 Å². The Morgan fingerprint density at radius 1 is 1.12 bits per heavy atom. The van der Waals surface area contributed by atoms with Crippen molar-refractivity contribution in [1.29, 1.82) is 0 Å². The summed E-state index contributed by atoms with van der Waals surface area (Å²) in [5.74, 6) is 0.778. The third kappa shape index (κ3) is 3.97. The lowest BCUT2D eigenvalue weighted by molar-refractivity contribution is -0.125. The van der Waals surface area contributed by atoms with Gasteiger partial charge in [-0.05, 0) is 24.1 Å². The van der Waals surface area contributed by atoms with Crippen molar-refractivity contribution in [1.82, 2.24) is 20.4 Å². The van der Waals surface area contributed by atoms with Gasteiger partial charge in [-0.3, -0.25) is 14.7 Å². The lowest BCUT2D eigenvalue weighted by atomic mass is 10.0. The summed E-state index contributed by atoms with van der Waals surface area (Å²) < 4.78 is 5.45. The number of hydrogen-bond acceptors (Lipinski definition) is 5. The van der Waals surface area contributed by atoms with Crippen LogP contribution in [-0.2, 0) is 17.8 Å². The van der Waals surface area contributed by atoms with Crippen LogP contribution in [0, 0.1) is 0 Å². The topological polar surface area (TPSA) is 71.3 Å². The van der Waals surface area contributed by atoms with Crippen LogP contribution < -0.4 is 5.32 Å². The van der Waals surface area contributed by atoms with Crippen molar-refractivity contribution in [3.63, 3.8) is 0 Å². The van der Waals surface area contributed by atoms with Crippen LogP contribution in [0.2, 0.25) is 0 Å². The van der Waals surface area contributed by atoms with Gasteiger partial charge in [0.1, 0.15) is 5.69 Å². The Hall–Kier alpha value is -2.99. The molecule has 0 unspecified atom stereocenters. The molecule has 1 aliphatic rings. The Kier molecular flexibility index (Phi) is 4.75. The van der Waals surface area contributed by atoms with Crippen LogP contribution in [0.25, 0.3) is 11.4 Å². The molecule has 2 aromatic heterocycles. The van der Waals surface area contributed by atoms with Crippen LogP contribution in [0.4, 0.5) is 0 Å². The quantitative estimate of drug-likeness (QED) is 0.766. The Labute approximate surface area is 151 Å². The van der Waals surface area contributed by atoms with E-state index in [0.717, 1.165) is 24.4 Å². The molecule has 3 heterocycles. The summed E-state index contributed by atoms with van der Waals surface area (Å²) in [5.41, 5.74) is 2.71. The van der Waals surface area contributed by atoms with Gasteiger partial charge in [0.15, 0.2) is 5.76 Å². The normalized spacial score (nSPS) is 17.8. The number of carbonyl (C=O) groups excluding carboxylic acids is 1.